The van der Waals surface area contributed by atoms with Crippen molar-refractivity contribution in [3.05, 3.63) is 59.2 Å². The van der Waals surface area contributed by atoms with Crippen LogP contribution in [0.15, 0.2) is 47.4 Å². The van der Waals surface area contributed by atoms with Gasteiger partial charge in [-0.3, -0.25) is 4.79 Å². The molecule has 1 saturated heterocycles. The molecular formula is C21H27N3O3S. The highest BCUT2D eigenvalue weighted by Gasteiger charge is 2.24. The van der Waals surface area contributed by atoms with Crippen LogP contribution in [0.1, 0.15) is 34.3 Å². The lowest BCUT2D eigenvalue weighted by Crippen LogP contribution is -2.28. The number of carbonyl (C=O) groups is 1. The van der Waals surface area contributed by atoms with Crippen LogP contribution < -0.4 is 10.2 Å². The molecular weight excluding hydrogens is 374 g/mol. The fourth-order valence-electron chi connectivity index (χ4n) is 3.29. The highest BCUT2D eigenvalue weighted by Crippen LogP contribution is 2.28. The standard InChI is InChI=1S/C21H27N3O3S/c1-16-6-8-17(9-7-16)15-22-21(25)19-14-18(28(26,27)23(2)3)10-11-20(19)24-12-4-5-13-24/h6-11,14H,4-5,12-13,15H2,1-3H3,(H,22,25). The van der Waals surface area contributed by atoms with Gasteiger partial charge in [-0.1, -0.05) is 29.8 Å². The second-order valence-electron chi connectivity index (χ2n) is 7.33. The van der Waals surface area contributed by atoms with Crippen molar-refractivity contribution in [2.24, 2.45) is 0 Å². The smallest absolute Gasteiger partial charge is 0.253 e. The van der Waals surface area contributed by atoms with Crippen LogP contribution >= 0.6 is 0 Å². The predicted molar refractivity (Wildman–Crippen MR) is 111 cm³/mol. The molecule has 150 valence electrons. The third kappa shape index (κ3) is 4.36. The molecule has 0 aromatic heterocycles. The maximum absolute atomic E-state index is 13.0. The fourth-order valence-corrected chi connectivity index (χ4v) is 4.21. The third-order valence-electron chi connectivity index (χ3n) is 5.01. The highest BCUT2D eigenvalue weighted by molar-refractivity contribution is 7.89. The Bertz CT molecular complexity index is 947. The van der Waals surface area contributed by atoms with Crippen molar-refractivity contribution in [1.82, 2.24) is 9.62 Å². The first kappa shape index (κ1) is 20.4. The molecule has 1 fully saturated rings. The molecule has 28 heavy (non-hydrogen) atoms. The number of nitrogens with one attached hydrogen (secondary N) is 1. The van der Waals surface area contributed by atoms with Crippen molar-refractivity contribution >= 4 is 21.6 Å². The highest BCUT2D eigenvalue weighted by atomic mass is 32.2. The zero-order valence-corrected chi connectivity index (χ0v) is 17.4. The Morgan fingerprint density at radius 2 is 1.71 bits per heavy atom. The molecule has 2 aromatic carbocycles. The van der Waals surface area contributed by atoms with Gasteiger partial charge >= 0.3 is 0 Å². The Kier molecular flexibility index (Phi) is 6.05. The van der Waals surface area contributed by atoms with Gasteiger partial charge in [0.25, 0.3) is 5.91 Å². The van der Waals surface area contributed by atoms with E-state index in [1.807, 2.05) is 31.2 Å². The minimum Gasteiger partial charge on any atom is -0.371 e. The van der Waals surface area contributed by atoms with Crippen molar-refractivity contribution < 1.29 is 13.2 Å². The van der Waals surface area contributed by atoms with Gasteiger partial charge in [0.1, 0.15) is 0 Å². The summed E-state index contributed by atoms with van der Waals surface area (Å²) in [4.78, 5) is 15.2. The quantitative estimate of drug-likeness (QED) is 0.808. The molecule has 1 N–H and O–H groups in total. The fraction of sp³-hybridized carbons (Fsp3) is 0.381. The van der Waals surface area contributed by atoms with Gasteiger partial charge in [-0.05, 0) is 43.5 Å². The van der Waals surface area contributed by atoms with Gasteiger partial charge in [-0.25, -0.2) is 12.7 Å². The lowest BCUT2D eigenvalue weighted by atomic mass is 10.1. The van der Waals surface area contributed by atoms with Crippen LogP contribution in [0.2, 0.25) is 0 Å². The molecule has 3 rings (SSSR count). The van der Waals surface area contributed by atoms with E-state index in [1.54, 1.807) is 12.1 Å². The zero-order chi connectivity index (χ0) is 20.3. The van der Waals surface area contributed by atoms with E-state index in [2.05, 4.69) is 10.2 Å². The van der Waals surface area contributed by atoms with Crippen molar-refractivity contribution in [3.63, 3.8) is 0 Å². The Balaban J connectivity index is 1.90. The second kappa shape index (κ2) is 8.32. The number of sulfonamides is 1. The average molecular weight is 402 g/mol. The molecule has 7 heteroatoms. The molecule has 0 bridgehead atoms. The first-order valence-electron chi connectivity index (χ1n) is 9.44. The number of hydrogen-bond donors (Lipinski definition) is 1. The van der Waals surface area contributed by atoms with Crippen molar-refractivity contribution in [3.8, 4) is 0 Å². The molecule has 2 aromatic rings. The van der Waals surface area contributed by atoms with Crippen LogP contribution in [0.5, 0.6) is 0 Å². The summed E-state index contributed by atoms with van der Waals surface area (Å²) < 4.78 is 26.2. The summed E-state index contributed by atoms with van der Waals surface area (Å²) in [7, 11) is -0.636. The Morgan fingerprint density at radius 1 is 1.07 bits per heavy atom. The summed E-state index contributed by atoms with van der Waals surface area (Å²) in [5.41, 5.74) is 3.35. The van der Waals surface area contributed by atoms with E-state index in [9.17, 15) is 13.2 Å². The van der Waals surface area contributed by atoms with Gasteiger partial charge < -0.3 is 10.2 Å². The van der Waals surface area contributed by atoms with E-state index in [-0.39, 0.29) is 10.8 Å². The SMILES string of the molecule is Cc1ccc(CNC(=O)c2cc(S(=O)(=O)N(C)C)ccc2N2CCCC2)cc1. The molecule has 1 aliphatic heterocycles. The minimum absolute atomic E-state index is 0.126. The van der Waals surface area contributed by atoms with Gasteiger partial charge in [-0.2, -0.15) is 0 Å². The zero-order valence-electron chi connectivity index (χ0n) is 16.6. The molecule has 6 nitrogen and oxygen atoms in total. The van der Waals surface area contributed by atoms with Crippen molar-refractivity contribution in [2.45, 2.75) is 31.2 Å². The summed E-state index contributed by atoms with van der Waals surface area (Å²) >= 11 is 0. The van der Waals surface area contributed by atoms with Crippen LogP contribution in [0, 0.1) is 6.92 Å². The molecule has 0 radical (unpaired) electrons. The third-order valence-corrected chi connectivity index (χ3v) is 6.82. The maximum Gasteiger partial charge on any atom is 0.253 e. The van der Waals surface area contributed by atoms with Crippen LogP contribution in [-0.2, 0) is 16.6 Å². The molecule has 0 saturated carbocycles. The number of benzene rings is 2. The van der Waals surface area contributed by atoms with Crippen molar-refractivity contribution in [1.29, 1.82) is 0 Å². The van der Waals surface area contributed by atoms with Gasteiger partial charge in [0.15, 0.2) is 0 Å². The van der Waals surface area contributed by atoms with Crippen LogP contribution in [0.25, 0.3) is 0 Å². The lowest BCUT2D eigenvalue weighted by Gasteiger charge is -2.22. The van der Waals surface area contributed by atoms with E-state index in [0.29, 0.717) is 12.1 Å². The van der Waals surface area contributed by atoms with Gasteiger partial charge in [0.2, 0.25) is 10.0 Å². The van der Waals surface area contributed by atoms with E-state index in [4.69, 9.17) is 0 Å². The maximum atomic E-state index is 13.0. The van der Waals surface area contributed by atoms with E-state index >= 15 is 0 Å². The molecule has 0 aliphatic carbocycles. The van der Waals surface area contributed by atoms with Gasteiger partial charge in [-0.15, -0.1) is 0 Å². The van der Waals surface area contributed by atoms with Crippen molar-refractivity contribution in [2.75, 3.05) is 32.1 Å². The lowest BCUT2D eigenvalue weighted by molar-refractivity contribution is 0.0951. The number of anilines is 1. The Morgan fingerprint density at radius 3 is 2.32 bits per heavy atom. The molecule has 0 atom stereocenters. The molecule has 0 spiro atoms. The number of amides is 1. The predicted octanol–water partition coefficient (Wildman–Crippen LogP) is 2.78. The summed E-state index contributed by atoms with van der Waals surface area (Å²) in [5.74, 6) is -0.265. The average Bonchev–Trinajstić information content (AvgIpc) is 3.21. The van der Waals surface area contributed by atoms with Gasteiger partial charge in [0.05, 0.1) is 10.5 Å². The molecule has 0 unspecified atom stereocenters. The number of rotatable bonds is 6. The van der Waals surface area contributed by atoms with Crippen LogP contribution in [0.3, 0.4) is 0 Å². The second-order valence-corrected chi connectivity index (χ2v) is 9.48. The molecule has 1 aliphatic rings. The minimum atomic E-state index is -3.61. The van der Waals surface area contributed by atoms with Crippen LogP contribution in [0.4, 0.5) is 5.69 Å². The van der Waals surface area contributed by atoms with Gasteiger partial charge in [0, 0.05) is 39.4 Å². The molecule has 1 amide bonds. The van der Waals surface area contributed by atoms with E-state index < -0.39 is 10.0 Å². The summed E-state index contributed by atoms with van der Waals surface area (Å²) in [6.45, 7) is 4.15. The Labute approximate surface area is 167 Å². The largest absolute Gasteiger partial charge is 0.371 e. The molecule has 1 heterocycles. The number of carbonyl (C=O) groups excluding carboxylic acids is 1. The first-order chi connectivity index (χ1) is 13.3. The number of hydrogen-bond acceptors (Lipinski definition) is 4. The normalized spacial score (nSPS) is 14.5. The topological polar surface area (TPSA) is 69.7 Å². The monoisotopic (exact) mass is 401 g/mol. The summed E-state index contributed by atoms with van der Waals surface area (Å²) in [5, 5.41) is 2.93. The summed E-state index contributed by atoms with van der Waals surface area (Å²) in [6.07, 6.45) is 2.14. The number of aryl methyl sites for hydroxylation is 1. The van der Waals surface area contributed by atoms with E-state index in [1.165, 1.54) is 20.2 Å². The first-order valence-corrected chi connectivity index (χ1v) is 10.9. The van der Waals surface area contributed by atoms with E-state index in [0.717, 1.165) is 47.1 Å². The van der Waals surface area contributed by atoms with Crippen LogP contribution in [-0.4, -0.2) is 45.8 Å². The Hall–Kier alpha value is -2.38. The summed E-state index contributed by atoms with van der Waals surface area (Å²) in [6, 6.07) is 12.8. The number of nitrogens with zero attached hydrogens (tertiary/aromatic N) is 2.